The van der Waals surface area contributed by atoms with E-state index in [1.165, 1.54) is 0 Å². The van der Waals surface area contributed by atoms with E-state index in [1.54, 1.807) is 31.2 Å². The zero-order valence-electron chi connectivity index (χ0n) is 12.6. The van der Waals surface area contributed by atoms with Gasteiger partial charge in [0.25, 0.3) is 5.91 Å². The van der Waals surface area contributed by atoms with E-state index in [4.69, 9.17) is 10.00 Å². The van der Waals surface area contributed by atoms with Gasteiger partial charge in [0, 0.05) is 13.1 Å². The molecule has 6 heteroatoms. The second-order valence-electron chi connectivity index (χ2n) is 5.44. The highest BCUT2D eigenvalue weighted by molar-refractivity contribution is 5.77. The summed E-state index contributed by atoms with van der Waals surface area (Å²) in [6, 6.07) is 8.51. The molecule has 0 aliphatic carbocycles. The molecule has 0 fully saturated rings. The molecule has 0 aliphatic heterocycles. The lowest BCUT2D eigenvalue weighted by atomic mass is 10.1. The minimum atomic E-state index is -0.992. The maximum absolute atomic E-state index is 11.7. The molecular weight excluding hydrogens is 270 g/mol. The lowest BCUT2D eigenvalue weighted by Gasteiger charge is -2.27. The van der Waals surface area contributed by atoms with Gasteiger partial charge in [-0.1, -0.05) is 0 Å². The van der Waals surface area contributed by atoms with Crippen LogP contribution in [0.25, 0.3) is 0 Å². The second kappa shape index (κ2) is 7.62. The average Bonchev–Trinajstić information content (AvgIpc) is 2.42. The second-order valence-corrected chi connectivity index (χ2v) is 5.44. The fourth-order valence-electron chi connectivity index (χ4n) is 1.85. The lowest BCUT2D eigenvalue weighted by Crippen LogP contribution is -2.47. The van der Waals surface area contributed by atoms with Gasteiger partial charge < -0.3 is 20.1 Å². The van der Waals surface area contributed by atoms with Crippen molar-refractivity contribution >= 4 is 5.91 Å². The molecule has 0 bridgehead atoms. The van der Waals surface area contributed by atoms with Crippen molar-refractivity contribution < 1.29 is 14.6 Å². The Morgan fingerprint density at radius 1 is 1.43 bits per heavy atom. The van der Waals surface area contributed by atoms with Crippen molar-refractivity contribution in [1.82, 2.24) is 10.2 Å². The van der Waals surface area contributed by atoms with Crippen LogP contribution in [0.15, 0.2) is 24.3 Å². The summed E-state index contributed by atoms with van der Waals surface area (Å²) in [6.45, 7) is 2.13. The summed E-state index contributed by atoms with van der Waals surface area (Å²) in [5.74, 6) is 0.211. The third kappa shape index (κ3) is 6.75. The van der Waals surface area contributed by atoms with Crippen molar-refractivity contribution in [3.8, 4) is 11.8 Å². The standard InChI is InChI=1S/C15H21N3O3/c1-15(20,11-18(2)3)10-17-14(19)9-21-13-6-4-12(8-16)5-7-13/h4-7,20H,9-11H2,1-3H3,(H,17,19). The SMILES string of the molecule is CN(C)CC(C)(O)CNC(=O)COc1ccc(C#N)cc1. The fraction of sp³-hybridized carbons (Fsp3) is 0.467. The number of nitriles is 1. The fourth-order valence-corrected chi connectivity index (χ4v) is 1.85. The largest absolute Gasteiger partial charge is 0.484 e. The van der Waals surface area contributed by atoms with Gasteiger partial charge in [-0.15, -0.1) is 0 Å². The Labute approximate surface area is 124 Å². The first-order valence-electron chi connectivity index (χ1n) is 6.59. The van der Waals surface area contributed by atoms with Crippen molar-refractivity contribution in [2.75, 3.05) is 33.8 Å². The average molecular weight is 291 g/mol. The van der Waals surface area contributed by atoms with Crippen LogP contribution in [0.4, 0.5) is 0 Å². The predicted molar refractivity (Wildman–Crippen MR) is 78.8 cm³/mol. The molecule has 0 heterocycles. The van der Waals surface area contributed by atoms with Gasteiger partial charge in [-0.05, 0) is 45.3 Å². The summed E-state index contributed by atoms with van der Waals surface area (Å²) in [4.78, 5) is 13.5. The van der Waals surface area contributed by atoms with E-state index >= 15 is 0 Å². The van der Waals surface area contributed by atoms with E-state index in [0.29, 0.717) is 17.9 Å². The van der Waals surface area contributed by atoms with Crippen LogP contribution in [-0.4, -0.2) is 55.3 Å². The van der Waals surface area contributed by atoms with E-state index in [-0.39, 0.29) is 19.1 Å². The van der Waals surface area contributed by atoms with Crippen LogP contribution in [-0.2, 0) is 4.79 Å². The van der Waals surface area contributed by atoms with Crippen LogP contribution in [0.5, 0.6) is 5.75 Å². The van der Waals surface area contributed by atoms with Crippen LogP contribution >= 0.6 is 0 Å². The van der Waals surface area contributed by atoms with E-state index in [2.05, 4.69) is 5.32 Å². The van der Waals surface area contributed by atoms with Crippen molar-refractivity contribution in [2.45, 2.75) is 12.5 Å². The summed E-state index contributed by atoms with van der Waals surface area (Å²) in [6.07, 6.45) is 0. The summed E-state index contributed by atoms with van der Waals surface area (Å²) >= 11 is 0. The number of nitrogens with zero attached hydrogens (tertiary/aromatic N) is 2. The summed E-state index contributed by atoms with van der Waals surface area (Å²) in [5.41, 5.74) is -0.459. The molecule has 1 aromatic carbocycles. The molecule has 114 valence electrons. The molecule has 0 aliphatic rings. The molecule has 21 heavy (non-hydrogen) atoms. The highest BCUT2D eigenvalue weighted by Gasteiger charge is 2.22. The molecule has 1 unspecified atom stereocenters. The molecule has 1 amide bonds. The molecule has 0 spiro atoms. The van der Waals surface area contributed by atoms with Crippen molar-refractivity contribution in [3.05, 3.63) is 29.8 Å². The van der Waals surface area contributed by atoms with Crippen LogP contribution in [0.3, 0.4) is 0 Å². The van der Waals surface area contributed by atoms with Gasteiger partial charge in [-0.2, -0.15) is 5.26 Å². The van der Waals surface area contributed by atoms with Gasteiger partial charge in [-0.25, -0.2) is 0 Å². The molecule has 0 radical (unpaired) electrons. The Bertz CT molecular complexity index is 504. The maximum atomic E-state index is 11.7. The summed E-state index contributed by atoms with van der Waals surface area (Å²) < 4.78 is 5.30. The minimum absolute atomic E-state index is 0.135. The number of amides is 1. The molecule has 2 N–H and O–H groups in total. The van der Waals surface area contributed by atoms with Gasteiger partial charge in [-0.3, -0.25) is 4.79 Å². The zero-order valence-corrected chi connectivity index (χ0v) is 12.6. The Balaban J connectivity index is 2.35. The maximum Gasteiger partial charge on any atom is 0.258 e. The molecule has 0 saturated heterocycles. The van der Waals surface area contributed by atoms with E-state index in [9.17, 15) is 9.90 Å². The van der Waals surface area contributed by atoms with Gasteiger partial charge in [0.05, 0.1) is 17.2 Å². The molecule has 6 nitrogen and oxygen atoms in total. The number of likely N-dealkylation sites (N-methyl/N-ethyl adjacent to an activating group) is 1. The van der Waals surface area contributed by atoms with E-state index < -0.39 is 5.60 Å². The van der Waals surface area contributed by atoms with E-state index in [1.807, 2.05) is 25.1 Å². The quantitative estimate of drug-likeness (QED) is 0.758. The molecule has 0 aromatic heterocycles. The number of hydrogen-bond acceptors (Lipinski definition) is 5. The zero-order chi connectivity index (χ0) is 15.9. The van der Waals surface area contributed by atoms with E-state index in [0.717, 1.165) is 0 Å². The molecule has 1 rings (SSSR count). The number of nitrogens with one attached hydrogen (secondary N) is 1. The monoisotopic (exact) mass is 291 g/mol. The van der Waals surface area contributed by atoms with Gasteiger partial charge in [0.15, 0.2) is 6.61 Å². The number of rotatable bonds is 7. The van der Waals surface area contributed by atoms with Crippen molar-refractivity contribution in [2.24, 2.45) is 0 Å². The van der Waals surface area contributed by atoms with Crippen LogP contribution in [0.1, 0.15) is 12.5 Å². The lowest BCUT2D eigenvalue weighted by molar-refractivity contribution is -0.124. The number of carbonyl (C=O) groups is 1. The highest BCUT2D eigenvalue weighted by Crippen LogP contribution is 2.11. The number of benzene rings is 1. The molecular formula is C15H21N3O3. The van der Waals surface area contributed by atoms with Gasteiger partial charge in [0.1, 0.15) is 5.75 Å². The Morgan fingerprint density at radius 2 is 2.05 bits per heavy atom. The normalized spacial score (nSPS) is 13.3. The molecule has 0 saturated carbocycles. The minimum Gasteiger partial charge on any atom is -0.484 e. The van der Waals surface area contributed by atoms with Crippen molar-refractivity contribution in [1.29, 1.82) is 5.26 Å². The van der Waals surface area contributed by atoms with Crippen LogP contribution in [0.2, 0.25) is 0 Å². The van der Waals surface area contributed by atoms with Crippen LogP contribution < -0.4 is 10.1 Å². The number of hydrogen-bond donors (Lipinski definition) is 2. The Kier molecular flexibility index (Phi) is 6.15. The first-order valence-corrected chi connectivity index (χ1v) is 6.59. The van der Waals surface area contributed by atoms with Gasteiger partial charge in [0.2, 0.25) is 0 Å². The molecule has 1 atom stereocenters. The molecule has 1 aromatic rings. The number of carbonyl (C=O) groups excluding carboxylic acids is 1. The Hall–Kier alpha value is -2.10. The van der Waals surface area contributed by atoms with Crippen LogP contribution in [0, 0.1) is 11.3 Å². The predicted octanol–water partition coefficient (Wildman–Crippen LogP) is 0.366. The summed E-state index contributed by atoms with van der Waals surface area (Å²) in [5, 5.41) is 21.4. The number of ether oxygens (including phenoxy) is 1. The summed E-state index contributed by atoms with van der Waals surface area (Å²) in [7, 11) is 3.70. The van der Waals surface area contributed by atoms with Gasteiger partial charge >= 0.3 is 0 Å². The number of aliphatic hydroxyl groups is 1. The topological polar surface area (TPSA) is 85.6 Å². The smallest absolute Gasteiger partial charge is 0.258 e. The third-order valence-electron chi connectivity index (χ3n) is 2.68. The first kappa shape index (κ1) is 17.0. The van der Waals surface area contributed by atoms with Crippen molar-refractivity contribution in [3.63, 3.8) is 0 Å². The third-order valence-corrected chi connectivity index (χ3v) is 2.68. The Morgan fingerprint density at radius 3 is 2.57 bits per heavy atom. The first-order chi connectivity index (χ1) is 9.82. The highest BCUT2D eigenvalue weighted by atomic mass is 16.5.